The van der Waals surface area contributed by atoms with E-state index in [4.69, 9.17) is 9.47 Å². The molecule has 1 aromatic rings. The van der Waals surface area contributed by atoms with Gasteiger partial charge in [0.1, 0.15) is 6.79 Å². The molecule has 3 fully saturated rings. The van der Waals surface area contributed by atoms with E-state index in [1.54, 1.807) is 11.3 Å². The second-order valence-corrected chi connectivity index (χ2v) is 9.25. The van der Waals surface area contributed by atoms with Gasteiger partial charge in [-0.25, -0.2) is 4.98 Å². The van der Waals surface area contributed by atoms with E-state index in [2.05, 4.69) is 10.3 Å². The van der Waals surface area contributed by atoms with Crippen molar-refractivity contribution < 1.29 is 14.3 Å². The molecule has 2 saturated carbocycles. The number of carbonyl (C=O) groups excluding carboxylic acids is 1. The Labute approximate surface area is 159 Å². The van der Waals surface area contributed by atoms with E-state index >= 15 is 0 Å². The fourth-order valence-electron chi connectivity index (χ4n) is 4.69. The van der Waals surface area contributed by atoms with Gasteiger partial charge >= 0.3 is 0 Å². The van der Waals surface area contributed by atoms with Gasteiger partial charge in [-0.1, -0.05) is 32.1 Å². The number of carbonyl (C=O) groups is 1. The molecular formula is C20H30N2O3S. The van der Waals surface area contributed by atoms with Crippen LogP contribution in [0.15, 0.2) is 6.20 Å². The van der Waals surface area contributed by atoms with Crippen molar-refractivity contribution in [1.82, 2.24) is 4.98 Å². The Balaban J connectivity index is 1.20. The summed E-state index contributed by atoms with van der Waals surface area (Å²) in [4.78, 5) is 17.9. The summed E-state index contributed by atoms with van der Waals surface area (Å²) in [5.74, 6) is 1.50. The van der Waals surface area contributed by atoms with Crippen molar-refractivity contribution in [2.75, 3.05) is 12.1 Å². The summed E-state index contributed by atoms with van der Waals surface area (Å²) in [6.45, 7) is 0.458. The van der Waals surface area contributed by atoms with E-state index in [0.29, 0.717) is 25.2 Å². The minimum atomic E-state index is 0.119. The fraction of sp³-hybridized carbons (Fsp3) is 0.800. The second-order valence-electron chi connectivity index (χ2n) is 8.13. The van der Waals surface area contributed by atoms with Crippen LogP contribution >= 0.6 is 11.3 Å². The average Bonchev–Trinajstić information content (AvgIpc) is 3.30. The molecule has 2 aliphatic carbocycles. The smallest absolute Gasteiger partial charge is 0.226 e. The SMILES string of the molecule is O=C(CCC1CCCCC1)Nc1ncc(CC2CCC3OCOC3C2)s1. The van der Waals surface area contributed by atoms with Gasteiger partial charge in [-0.2, -0.15) is 0 Å². The van der Waals surface area contributed by atoms with Crippen LogP contribution < -0.4 is 5.32 Å². The maximum Gasteiger partial charge on any atom is 0.226 e. The second kappa shape index (κ2) is 8.81. The molecule has 4 rings (SSSR count). The van der Waals surface area contributed by atoms with E-state index in [9.17, 15) is 4.79 Å². The predicted molar refractivity (Wildman–Crippen MR) is 102 cm³/mol. The number of thiazole rings is 1. The molecule has 3 unspecified atom stereocenters. The molecule has 0 bridgehead atoms. The summed E-state index contributed by atoms with van der Waals surface area (Å²) in [7, 11) is 0. The van der Waals surface area contributed by atoms with Gasteiger partial charge in [0, 0.05) is 17.5 Å². The molecule has 0 aromatic carbocycles. The van der Waals surface area contributed by atoms with Crippen molar-refractivity contribution in [3.05, 3.63) is 11.1 Å². The summed E-state index contributed by atoms with van der Waals surface area (Å²) in [6.07, 6.45) is 15.2. The number of aromatic nitrogens is 1. The Morgan fingerprint density at radius 1 is 1.12 bits per heavy atom. The summed E-state index contributed by atoms with van der Waals surface area (Å²) < 4.78 is 11.3. The Hall–Kier alpha value is -0.980. The maximum absolute atomic E-state index is 12.2. The van der Waals surface area contributed by atoms with Crippen LogP contribution in [0.25, 0.3) is 0 Å². The Kier molecular flexibility index (Phi) is 6.23. The van der Waals surface area contributed by atoms with E-state index in [1.165, 1.54) is 43.4 Å². The van der Waals surface area contributed by atoms with Gasteiger partial charge in [0.05, 0.1) is 12.2 Å². The summed E-state index contributed by atoms with van der Waals surface area (Å²) in [5, 5.41) is 3.75. The zero-order chi connectivity index (χ0) is 17.8. The van der Waals surface area contributed by atoms with Gasteiger partial charge in [0.15, 0.2) is 5.13 Å². The van der Waals surface area contributed by atoms with Gasteiger partial charge in [0.25, 0.3) is 0 Å². The highest BCUT2D eigenvalue weighted by Crippen LogP contribution is 2.35. The molecule has 6 heteroatoms. The zero-order valence-corrected chi connectivity index (χ0v) is 16.3. The number of fused-ring (bicyclic) bond motifs is 1. The third kappa shape index (κ3) is 4.84. The average molecular weight is 379 g/mol. The molecule has 3 aliphatic rings. The first-order valence-electron chi connectivity index (χ1n) is 10.2. The quantitative estimate of drug-likeness (QED) is 0.790. The molecule has 0 radical (unpaired) electrons. The van der Waals surface area contributed by atoms with Crippen molar-refractivity contribution in [2.45, 2.75) is 82.8 Å². The minimum Gasteiger partial charge on any atom is -0.349 e. The molecular weight excluding hydrogens is 348 g/mol. The third-order valence-electron chi connectivity index (χ3n) is 6.20. The van der Waals surface area contributed by atoms with Crippen molar-refractivity contribution >= 4 is 22.4 Å². The Bertz CT molecular complexity index is 600. The fourth-order valence-corrected chi connectivity index (χ4v) is 5.63. The van der Waals surface area contributed by atoms with Crippen LogP contribution in [0.1, 0.15) is 69.1 Å². The third-order valence-corrected chi connectivity index (χ3v) is 7.13. The molecule has 1 aromatic heterocycles. The van der Waals surface area contributed by atoms with Crippen LogP contribution in [-0.4, -0.2) is 29.9 Å². The summed E-state index contributed by atoms with van der Waals surface area (Å²) >= 11 is 1.63. The summed E-state index contributed by atoms with van der Waals surface area (Å²) in [6, 6.07) is 0. The van der Waals surface area contributed by atoms with Crippen molar-refractivity contribution in [3.8, 4) is 0 Å². The maximum atomic E-state index is 12.2. The van der Waals surface area contributed by atoms with Gasteiger partial charge in [-0.3, -0.25) is 4.79 Å². The number of anilines is 1. The molecule has 26 heavy (non-hydrogen) atoms. The predicted octanol–water partition coefficient (Wildman–Crippen LogP) is 4.53. The van der Waals surface area contributed by atoms with E-state index in [1.807, 2.05) is 6.20 Å². The van der Waals surface area contributed by atoms with Crippen molar-refractivity contribution in [1.29, 1.82) is 0 Å². The van der Waals surface area contributed by atoms with Gasteiger partial charge in [-0.15, -0.1) is 11.3 Å². The van der Waals surface area contributed by atoms with Gasteiger partial charge < -0.3 is 14.8 Å². The minimum absolute atomic E-state index is 0.119. The molecule has 1 N–H and O–H groups in total. The first-order valence-corrected chi connectivity index (χ1v) is 11.1. The molecule has 2 heterocycles. The van der Waals surface area contributed by atoms with Crippen molar-refractivity contribution in [3.63, 3.8) is 0 Å². The Morgan fingerprint density at radius 2 is 1.96 bits per heavy atom. The van der Waals surface area contributed by atoms with Crippen LogP contribution in [0.2, 0.25) is 0 Å². The number of nitrogens with one attached hydrogen (secondary N) is 1. The number of amides is 1. The van der Waals surface area contributed by atoms with E-state index in [-0.39, 0.29) is 12.0 Å². The van der Waals surface area contributed by atoms with E-state index in [0.717, 1.165) is 36.7 Å². The first-order chi connectivity index (χ1) is 12.8. The molecule has 0 spiro atoms. The van der Waals surface area contributed by atoms with Crippen LogP contribution in [0, 0.1) is 11.8 Å². The summed E-state index contributed by atoms with van der Waals surface area (Å²) in [5.41, 5.74) is 0. The van der Waals surface area contributed by atoms with Gasteiger partial charge in [-0.05, 0) is 43.9 Å². The zero-order valence-electron chi connectivity index (χ0n) is 15.5. The highest BCUT2D eigenvalue weighted by Gasteiger charge is 2.36. The molecule has 1 saturated heterocycles. The lowest BCUT2D eigenvalue weighted by Gasteiger charge is -2.29. The van der Waals surface area contributed by atoms with Crippen molar-refractivity contribution in [2.24, 2.45) is 11.8 Å². The lowest BCUT2D eigenvalue weighted by molar-refractivity contribution is -0.116. The number of hydrogen-bond acceptors (Lipinski definition) is 5. The topological polar surface area (TPSA) is 60.5 Å². The molecule has 5 nitrogen and oxygen atoms in total. The van der Waals surface area contributed by atoms with Gasteiger partial charge in [0.2, 0.25) is 5.91 Å². The van der Waals surface area contributed by atoms with Crippen LogP contribution in [0.5, 0.6) is 0 Å². The van der Waals surface area contributed by atoms with E-state index < -0.39 is 0 Å². The van der Waals surface area contributed by atoms with Crippen LogP contribution in [0.4, 0.5) is 5.13 Å². The number of hydrogen-bond donors (Lipinski definition) is 1. The number of rotatable bonds is 6. The largest absolute Gasteiger partial charge is 0.349 e. The molecule has 3 atom stereocenters. The standard InChI is InChI=1S/C20H30N2O3S/c23-19(9-7-14-4-2-1-3-5-14)22-20-21-12-16(26-20)10-15-6-8-17-18(11-15)25-13-24-17/h12,14-15,17-18H,1-11,13H2,(H,21,22,23). The molecule has 1 aliphatic heterocycles. The first kappa shape index (κ1) is 18.4. The molecule has 1 amide bonds. The lowest BCUT2D eigenvalue weighted by Crippen LogP contribution is -2.31. The monoisotopic (exact) mass is 378 g/mol. The number of nitrogens with zero attached hydrogens (tertiary/aromatic N) is 1. The van der Waals surface area contributed by atoms with Crippen LogP contribution in [0.3, 0.4) is 0 Å². The normalized spacial score (nSPS) is 29.5. The molecule has 144 valence electrons. The Morgan fingerprint density at radius 3 is 2.85 bits per heavy atom. The number of ether oxygens (including phenoxy) is 2. The highest BCUT2D eigenvalue weighted by atomic mass is 32.1. The lowest BCUT2D eigenvalue weighted by atomic mass is 9.83. The van der Waals surface area contributed by atoms with Crippen LogP contribution in [-0.2, 0) is 20.7 Å². The highest BCUT2D eigenvalue weighted by molar-refractivity contribution is 7.15.